The number of hydrogen-bond donors (Lipinski definition) is 4. The van der Waals surface area contributed by atoms with E-state index in [0.717, 1.165) is 5.39 Å². The molecular formula is C19H26N2O6. The van der Waals surface area contributed by atoms with E-state index in [1.54, 1.807) is 52.0 Å². The molecule has 2 rings (SSSR count). The highest BCUT2D eigenvalue weighted by Crippen LogP contribution is 2.23. The Bertz CT molecular complexity index is 808. The van der Waals surface area contributed by atoms with E-state index in [9.17, 15) is 19.8 Å². The number of esters is 1. The molecule has 0 bridgehead atoms. The fourth-order valence-corrected chi connectivity index (χ4v) is 2.48. The Balaban J connectivity index is 2.04. The number of ether oxygens (including phenoxy) is 2. The molecule has 4 N–H and O–H groups in total. The number of aromatic nitrogens is 1. The third-order valence-electron chi connectivity index (χ3n) is 3.70. The lowest BCUT2D eigenvalue weighted by atomic mass is 10.0. The average molecular weight is 378 g/mol. The zero-order valence-electron chi connectivity index (χ0n) is 15.9. The molecule has 0 spiro atoms. The fraction of sp³-hybridized carbons (Fsp3) is 0.474. The Morgan fingerprint density at radius 3 is 2.56 bits per heavy atom. The number of aliphatic hydroxyl groups excluding tert-OH is 2. The van der Waals surface area contributed by atoms with Crippen LogP contribution in [0.25, 0.3) is 10.9 Å². The molecule has 148 valence electrons. The number of benzene rings is 1. The summed E-state index contributed by atoms with van der Waals surface area (Å²) in [7, 11) is 0. The molecule has 0 radical (unpaired) electrons. The first-order chi connectivity index (χ1) is 12.6. The van der Waals surface area contributed by atoms with Gasteiger partial charge in [0.1, 0.15) is 23.5 Å². The van der Waals surface area contributed by atoms with Crippen molar-refractivity contribution in [3.8, 4) is 0 Å². The van der Waals surface area contributed by atoms with Crippen molar-refractivity contribution < 1.29 is 29.3 Å². The fourth-order valence-electron chi connectivity index (χ4n) is 2.48. The second kappa shape index (κ2) is 8.41. The van der Waals surface area contributed by atoms with Crippen LogP contribution in [0.15, 0.2) is 24.3 Å². The molecule has 0 saturated heterocycles. The highest BCUT2D eigenvalue weighted by atomic mass is 16.6. The van der Waals surface area contributed by atoms with E-state index in [4.69, 9.17) is 9.47 Å². The van der Waals surface area contributed by atoms with Gasteiger partial charge in [-0.2, -0.15) is 0 Å². The van der Waals surface area contributed by atoms with Crippen molar-refractivity contribution in [2.24, 2.45) is 0 Å². The second-order valence-electron chi connectivity index (χ2n) is 7.15. The quantitative estimate of drug-likeness (QED) is 0.572. The maximum Gasteiger partial charge on any atom is 0.407 e. The van der Waals surface area contributed by atoms with Crippen LogP contribution >= 0.6 is 0 Å². The highest BCUT2D eigenvalue weighted by molar-refractivity contribution is 5.95. The molecule has 1 heterocycles. The number of hydrogen-bond acceptors (Lipinski definition) is 6. The van der Waals surface area contributed by atoms with Crippen molar-refractivity contribution in [1.82, 2.24) is 10.3 Å². The van der Waals surface area contributed by atoms with E-state index in [1.165, 1.54) is 0 Å². The van der Waals surface area contributed by atoms with Crippen molar-refractivity contribution in [2.45, 2.75) is 45.5 Å². The Hall–Kier alpha value is -2.58. The number of aliphatic hydroxyl groups is 2. The van der Waals surface area contributed by atoms with Crippen molar-refractivity contribution >= 4 is 23.0 Å². The smallest absolute Gasteiger partial charge is 0.407 e. The van der Waals surface area contributed by atoms with Crippen molar-refractivity contribution in [3.05, 3.63) is 35.5 Å². The number of alkyl carbamates (subject to hydrolysis) is 1. The Morgan fingerprint density at radius 2 is 1.93 bits per heavy atom. The van der Waals surface area contributed by atoms with Gasteiger partial charge in [0.05, 0.1) is 6.61 Å². The second-order valence-corrected chi connectivity index (χ2v) is 7.15. The predicted molar refractivity (Wildman–Crippen MR) is 99.5 cm³/mol. The summed E-state index contributed by atoms with van der Waals surface area (Å²) in [5.41, 5.74) is 0.730. The molecule has 0 aliphatic carbocycles. The molecule has 2 unspecified atom stereocenters. The van der Waals surface area contributed by atoms with Gasteiger partial charge >= 0.3 is 12.1 Å². The Labute approximate surface area is 157 Å². The average Bonchev–Trinajstić information content (AvgIpc) is 3.01. The molecule has 8 nitrogen and oxygen atoms in total. The number of carbonyl (C=O) groups excluding carboxylic acids is 2. The molecule has 0 fully saturated rings. The molecule has 8 heteroatoms. The van der Waals surface area contributed by atoms with Crippen LogP contribution in [0.1, 0.15) is 49.9 Å². The van der Waals surface area contributed by atoms with Gasteiger partial charge in [-0.3, -0.25) is 0 Å². The molecule has 1 aromatic carbocycles. The normalized spacial score (nSPS) is 13.9. The predicted octanol–water partition coefficient (Wildman–Crippen LogP) is 2.26. The first kappa shape index (κ1) is 20.7. The number of nitrogens with one attached hydrogen (secondary N) is 2. The van der Waals surface area contributed by atoms with Crippen LogP contribution in [-0.4, -0.2) is 52.1 Å². The SMILES string of the molecule is CCOC(=O)c1cc2ccc(C(O)C(O)CNC(=O)OC(C)(C)C)cc2[nH]1. The van der Waals surface area contributed by atoms with E-state index < -0.39 is 29.9 Å². The summed E-state index contributed by atoms with van der Waals surface area (Å²) < 4.78 is 10.0. The summed E-state index contributed by atoms with van der Waals surface area (Å²) in [5, 5.41) is 23.7. The van der Waals surface area contributed by atoms with Gasteiger partial charge in [0.15, 0.2) is 0 Å². The number of rotatable bonds is 6. The molecule has 0 aliphatic rings. The van der Waals surface area contributed by atoms with E-state index >= 15 is 0 Å². The molecular weight excluding hydrogens is 352 g/mol. The van der Waals surface area contributed by atoms with Crippen molar-refractivity contribution in [2.75, 3.05) is 13.2 Å². The maximum atomic E-state index is 11.8. The molecule has 0 saturated carbocycles. The van der Waals surface area contributed by atoms with Gasteiger partial charge in [-0.25, -0.2) is 9.59 Å². The topological polar surface area (TPSA) is 121 Å². The molecule has 2 atom stereocenters. The van der Waals surface area contributed by atoms with Crippen LogP contribution in [0.2, 0.25) is 0 Å². The minimum absolute atomic E-state index is 0.174. The zero-order chi connectivity index (χ0) is 20.2. The number of H-pyrrole nitrogens is 1. The minimum atomic E-state index is -1.23. The number of amides is 1. The van der Waals surface area contributed by atoms with Gasteiger partial charge in [-0.1, -0.05) is 12.1 Å². The first-order valence-electron chi connectivity index (χ1n) is 8.73. The summed E-state index contributed by atoms with van der Waals surface area (Å²) in [5.74, 6) is -0.461. The number of carbonyl (C=O) groups is 2. The van der Waals surface area contributed by atoms with E-state index in [1.807, 2.05) is 0 Å². The van der Waals surface area contributed by atoms with E-state index in [-0.39, 0.29) is 13.2 Å². The third kappa shape index (κ3) is 5.70. The van der Waals surface area contributed by atoms with Crippen LogP contribution in [0.4, 0.5) is 4.79 Å². The Morgan fingerprint density at radius 1 is 1.22 bits per heavy atom. The summed E-state index contributed by atoms with van der Waals surface area (Å²) in [6.07, 6.45) is -3.12. The van der Waals surface area contributed by atoms with Gasteiger partial charge in [0, 0.05) is 17.4 Å². The lowest BCUT2D eigenvalue weighted by molar-refractivity contribution is 0.0130. The van der Waals surface area contributed by atoms with E-state index in [0.29, 0.717) is 16.8 Å². The van der Waals surface area contributed by atoms with Crippen LogP contribution < -0.4 is 5.32 Å². The minimum Gasteiger partial charge on any atom is -0.461 e. The van der Waals surface area contributed by atoms with Gasteiger partial charge in [-0.05, 0) is 45.4 Å². The third-order valence-corrected chi connectivity index (χ3v) is 3.70. The highest BCUT2D eigenvalue weighted by Gasteiger charge is 2.22. The van der Waals surface area contributed by atoms with Crippen molar-refractivity contribution in [3.63, 3.8) is 0 Å². The van der Waals surface area contributed by atoms with Crippen LogP contribution in [-0.2, 0) is 9.47 Å². The molecule has 0 aliphatic heterocycles. The molecule has 27 heavy (non-hydrogen) atoms. The lowest BCUT2D eigenvalue weighted by Gasteiger charge is -2.22. The maximum absolute atomic E-state index is 11.8. The van der Waals surface area contributed by atoms with Crippen LogP contribution in [0.3, 0.4) is 0 Å². The number of aromatic amines is 1. The standard InChI is InChI=1S/C19H26N2O6/c1-5-26-17(24)14-8-11-6-7-12(9-13(11)21-14)16(23)15(22)10-20-18(25)27-19(2,3)4/h6-9,15-16,21-23H,5,10H2,1-4H3,(H,20,25). The summed E-state index contributed by atoms with van der Waals surface area (Å²) in [6, 6.07) is 6.66. The molecule has 2 aromatic rings. The van der Waals surface area contributed by atoms with Crippen molar-refractivity contribution in [1.29, 1.82) is 0 Å². The van der Waals surface area contributed by atoms with Crippen LogP contribution in [0, 0.1) is 0 Å². The first-order valence-corrected chi connectivity index (χ1v) is 8.73. The van der Waals surface area contributed by atoms with Gasteiger partial charge in [-0.15, -0.1) is 0 Å². The number of fused-ring (bicyclic) bond motifs is 1. The summed E-state index contributed by atoms with van der Waals surface area (Å²) >= 11 is 0. The van der Waals surface area contributed by atoms with Gasteiger partial charge in [0.2, 0.25) is 0 Å². The lowest BCUT2D eigenvalue weighted by Crippen LogP contribution is -2.38. The van der Waals surface area contributed by atoms with Gasteiger partial charge in [0.25, 0.3) is 0 Å². The molecule has 1 aromatic heterocycles. The largest absolute Gasteiger partial charge is 0.461 e. The summed E-state index contributed by atoms with van der Waals surface area (Å²) in [6.45, 7) is 7.01. The van der Waals surface area contributed by atoms with Gasteiger partial charge < -0.3 is 30.0 Å². The summed E-state index contributed by atoms with van der Waals surface area (Å²) in [4.78, 5) is 26.4. The van der Waals surface area contributed by atoms with Crippen LogP contribution in [0.5, 0.6) is 0 Å². The molecule has 1 amide bonds. The zero-order valence-corrected chi connectivity index (χ0v) is 15.9. The monoisotopic (exact) mass is 378 g/mol. The van der Waals surface area contributed by atoms with E-state index in [2.05, 4.69) is 10.3 Å². The Kier molecular flexibility index (Phi) is 6.45.